The average molecular weight is 199 g/mol. The summed E-state index contributed by atoms with van der Waals surface area (Å²) in [5, 5.41) is 0. The highest BCUT2D eigenvalue weighted by Gasteiger charge is 2.62. The molecule has 2 N–H and O–H groups in total. The van der Waals surface area contributed by atoms with E-state index in [0.717, 1.165) is 11.8 Å². The molecule has 13 heavy (non-hydrogen) atoms. The number of thioether (sulfide) groups is 1. The first-order chi connectivity index (χ1) is 5.87. The molecule has 2 rings (SSSR count). The fraction of sp³-hybridized carbons (Fsp3) is 1.00. The molecule has 0 bridgehead atoms. The van der Waals surface area contributed by atoms with Crippen molar-refractivity contribution in [1.82, 2.24) is 0 Å². The van der Waals surface area contributed by atoms with Gasteiger partial charge in [0, 0.05) is 10.8 Å². The predicted molar refractivity (Wildman–Crippen MR) is 59.9 cm³/mol. The molecular weight excluding hydrogens is 178 g/mol. The third-order valence-electron chi connectivity index (χ3n) is 4.23. The van der Waals surface area contributed by atoms with Gasteiger partial charge >= 0.3 is 0 Å². The van der Waals surface area contributed by atoms with E-state index in [-0.39, 0.29) is 0 Å². The standard InChI is InChI=1S/C11H21NS/c1-10(2)8(9(10)12)7-5-6-13-11(7,3)4/h7-9H,5-6,12H2,1-4H3. The van der Waals surface area contributed by atoms with Gasteiger partial charge in [0.15, 0.2) is 0 Å². The van der Waals surface area contributed by atoms with Gasteiger partial charge < -0.3 is 5.73 Å². The Morgan fingerprint density at radius 1 is 1.23 bits per heavy atom. The van der Waals surface area contributed by atoms with Crippen molar-refractivity contribution < 1.29 is 0 Å². The van der Waals surface area contributed by atoms with Crippen molar-refractivity contribution in [2.24, 2.45) is 23.0 Å². The minimum atomic E-state index is 0.410. The largest absolute Gasteiger partial charge is 0.327 e. The summed E-state index contributed by atoms with van der Waals surface area (Å²) < 4.78 is 0.468. The maximum atomic E-state index is 6.14. The third-order valence-corrected chi connectivity index (χ3v) is 5.71. The van der Waals surface area contributed by atoms with Gasteiger partial charge in [-0.25, -0.2) is 0 Å². The van der Waals surface area contributed by atoms with E-state index in [0.29, 0.717) is 16.2 Å². The van der Waals surface area contributed by atoms with E-state index in [2.05, 4.69) is 39.5 Å². The van der Waals surface area contributed by atoms with Crippen LogP contribution in [0.5, 0.6) is 0 Å². The zero-order valence-electron chi connectivity index (χ0n) is 9.13. The molecule has 1 aliphatic carbocycles. The van der Waals surface area contributed by atoms with Gasteiger partial charge in [-0.1, -0.05) is 27.7 Å². The molecular formula is C11H21NS. The smallest absolute Gasteiger partial charge is 0.0135 e. The monoisotopic (exact) mass is 199 g/mol. The molecule has 1 saturated heterocycles. The second-order valence-electron chi connectivity index (χ2n) is 5.72. The zero-order valence-corrected chi connectivity index (χ0v) is 9.95. The number of rotatable bonds is 1. The maximum absolute atomic E-state index is 6.14. The molecule has 1 heterocycles. The minimum Gasteiger partial charge on any atom is -0.327 e. The topological polar surface area (TPSA) is 26.0 Å². The quantitative estimate of drug-likeness (QED) is 0.702. The summed E-state index contributed by atoms with van der Waals surface area (Å²) in [6, 6.07) is 0.454. The molecule has 0 radical (unpaired) electrons. The number of hydrogen-bond acceptors (Lipinski definition) is 2. The highest BCUT2D eigenvalue weighted by molar-refractivity contribution is 8.00. The molecule has 76 valence electrons. The van der Waals surface area contributed by atoms with Crippen molar-refractivity contribution in [1.29, 1.82) is 0 Å². The molecule has 2 heteroatoms. The molecule has 3 unspecified atom stereocenters. The molecule has 0 aromatic carbocycles. The van der Waals surface area contributed by atoms with Gasteiger partial charge in [0.05, 0.1) is 0 Å². The normalized spacial score (nSPS) is 46.4. The van der Waals surface area contributed by atoms with Crippen LogP contribution in [0.4, 0.5) is 0 Å². The molecule has 0 aromatic rings. The SMILES string of the molecule is CC1(C)SCCC1C1C(N)C1(C)C. The Bertz CT molecular complexity index is 222. The average Bonchev–Trinajstić information content (AvgIpc) is 2.37. The van der Waals surface area contributed by atoms with Crippen molar-refractivity contribution in [3.05, 3.63) is 0 Å². The lowest BCUT2D eigenvalue weighted by Crippen LogP contribution is -2.26. The van der Waals surface area contributed by atoms with Crippen LogP contribution in [0, 0.1) is 17.3 Å². The van der Waals surface area contributed by atoms with Crippen molar-refractivity contribution in [2.45, 2.75) is 44.9 Å². The van der Waals surface area contributed by atoms with Gasteiger partial charge in [-0.15, -0.1) is 0 Å². The lowest BCUT2D eigenvalue weighted by Gasteiger charge is -2.27. The van der Waals surface area contributed by atoms with E-state index in [1.165, 1.54) is 12.2 Å². The molecule has 2 fully saturated rings. The lowest BCUT2D eigenvalue weighted by molar-refractivity contribution is 0.336. The van der Waals surface area contributed by atoms with Crippen LogP contribution in [0.15, 0.2) is 0 Å². The van der Waals surface area contributed by atoms with Crippen molar-refractivity contribution in [3.8, 4) is 0 Å². The summed E-state index contributed by atoms with van der Waals surface area (Å²) in [6.45, 7) is 9.41. The van der Waals surface area contributed by atoms with Crippen LogP contribution in [-0.4, -0.2) is 16.5 Å². The second-order valence-corrected chi connectivity index (χ2v) is 7.47. The Morgan fingerprint density at radius 2 is 1.77 bits per heavy atom. The summed E-state index contributed by atoms with van der Waals surface area (Å²) in [4.78, 5) is 0. The van der Waals surface area contributed by atoms with E-state index in [1.807, 2.05) is 0 Å². The Morgan fingerprint density at radius 3 is 2.08 bits per heavy atom. The minimum absolute atomic E-state index is 0.410. The number of hydrogen-bond donors (Lipinski definition) is 1. The molecule has 3 atom stereocenters. The van der Waals surface area contributed by atoms with Gasteiger partial charge in [0.1, 0.15) is 0 Å². The van der Waals surface area contributed by atoms with Crippen molar-refractivity contribution >= 4 is 11.8 Å². The lowest BCUT2D eigenvalue weighted by atomic mass is 9.85. The zero-order chi connectivity index (χ0) is 9.85. The first kappa shape index (κ1) is 9.85. The fourth-order valence-electron chi connectivity index (χ4n) is 3.00. The second kappa shape index (κ2) is 2.66. The first-order valence-electron chi connectivity index (χ1n) is 5.27. The molecule has 0 spiro atoms. The van der Waals surface area contributed by atoms with Gasteiger partial charge in [-0.2, -0.15) is 11.8 Å². The Hall–Kier alpha value is 0.310. The molecule has 0 aromatic heterocycles. The highest BCUT2D eigenvalue weighted by Crippen LogP contribution is 2.62. The summed E-state index contributed by atoms with van der Waals surface area (Å²) in [7, 11) is 0. The fourth-order valence-corrected chi connectivity index (χ4v) is 4.38. The van der Waals surface area contributed by atoms with Gasteiger partial charge in [-0.3, -0.25) is 0 Å². The van der Waals surface area contributed by atoms with E-state index in [9.17, 15) is 0 Å². The first-order valence-corrected chi connectivity index (χ1v) is 6.25. The molecule has 0 amide bonds. The summed E-state index contributed by atoms with van der Waals surface area (Å²) in [5.41, 5.74) is 6.55. The third kappa shape index (κ3) is 1.33. The number of nitrogens with two attached hydrogens (primary N) is 1. The van der Waals surface area contributed by atoms with Crippen LogP contribution < -0.4 is 5.73 Å². The van der Waals surface area contributed by atoms with Crippen LogP contribution in [0.1, 0.15) is 34.1 Å². The van der Waals surface area contributed by atoms with Crippen LogP contribution in [0.2, 0.25) is 0 Å². The van der Waals surface area contributed by atoms with Crippen LogP contribution in [-0.2, 0) is 0 Å². The molecule has 2 aliphatic rings. The Labute approximate surface area is 85.8 Å². The molecule has 1 saturated carbocycles. The Balaban J connectivity index is 2.11. The summed E-state index contributed by atoms with van der Waals surface area (Å²) in [5.74, 6) is 2.96. The molecule has 1 aliphatic heterocycles. The van der Waals surface area contributed by atoms with E-state index in [4.69, 9.17) is 5.73 Å². The Kier molecular flexibility index (Phi) is 2.02. The van der Waals surface area contributed by atoms with Crippen LogP contribution in [0.25, 0.3) is 0 Å². The van der Waals surface area contributed by atoms with E-state index < -0.39 is 0 Å². The summed E-state index contributed by atoms with van der Waals surface area (Å²) in [6.07, 6.45) is 1.37. The molecule has 1 nitrogen and oxygen atoms in total. The van der Waals surface area contributed by atoms with Gasteiger partial charge in [-0.05, 0) is 29.4 Å². The maximum Gasteiger partial charge on any atom is 0.0135 e. The van der Waals surface area contributed by atoms with E-state index >= 15 is 0 Å². The summed E-state index contributed by atoms with van der Waals surface area (Å²) >= 11 is 2.12. The van der Waals surface area contributed by atoms with Crippen molar-refractivity contribution in [2.75, 3.05) is 5.75 Å². The van der Waals surface area contributed by atoms with Gasteiger partial charge in [0.2, 0.25) is 0 Å². The predicted octanol–water partition coefficient (Wildman–Crippen LogP) is 2.50. The van der Waals surface area contributed by atoms with Gasteiger partial charge in [0.25, 0.3) is 0 Å². The highest BCUT2D eigenvalue weighted by atomic mass is 32.2. The van der Waals surface area contributed by atoms with Crippen LogP contribution in [0.3, 0.4) is 0 Å². The van der Waals surface area contributed by atoms with Crippen LogP contribution >= 0.6 is 11.8 Å². The van der Waals surface area contributed by atoms with Crippen molar-refractivity contribution in [3.63, 3.8) is 0 Å². The van der Waals surface area contributed by atoms with E-state index in [1.54, 1.807) is 0 Å².